The molecular formula is C32H35Cl2FN4O3. The molecule has 0 radical (unpaired) electrons. The number of ether oxygens (including phenoxy) is 1. The molecule has 3 aromatic carbocycles. The van der Waals surface area contributed by atoms with Crippen LogP contribution in [0.15, 0.2) is 60.7 Å². The molecule has 2 heterocycles. The van der Waals surface area contributed by atoms with E-state index in [1.54, 1.807) is 24.3 Å². The number of carbonyl (C=O) groups is 2. The maximum absolute atomic E-state index is 16.0. The molecule has 5 rings (SSSR count). The first-order chi connectivity index (χ1) is 19.8. The molecule has 0 bridgehead atoms. The number of amides is 2. The number of carbonyl (C=O) groups excluding carboxylic acids is 2. The summed E-state index contributed by atoms with van der Waals surface area (Å²) in [5.41, 5.74) is 1.05. The van der Waals surface area contributed by atoms with Gasteiger partial charge in [0.1, 0.15) is 23.0 Å². The summed E-state index contributed by atoms with van der Waals surface area (Å²) in [5.74, 6) is -2.09. The lowest BCUT2D eigenvalue weighted by Gasteiger charge is -2.38. The van der Waals surface area contributed by atoms with E-state index in [0.29, 0.717) is 29.1 Å². The van der Waals surface area contributed by atoms with E-state index >= 15 is 4.39 Å². The molecule has 2 aliphatic heterocycles. The van der Waals surface area contributed by atoms with Crippen LogP contribution in [-0.4, -0.2) is 49.5 Å². The van der Waals surface area contributed by atoms with Crippen LogP contribution < -0.4 is 20.3 Å². The van der Waals surface area contributed by atoms with Gasteiger partial charge in [-0.25, -0.2) is 8.81 Å². The van der Waals surface area contributed by atoms with Crippen molar-refractivity contribution in [3.05, 3.63) is 82.6 Å². The van der Waals surface area contributed by atoms with E-state index in [1.165, 1.54) is 17.6 Å². The normalized spacial score (nSPS) is 23.5. The second-order valence-corrected chi connectivity index (χ2v) is 13.1. The molecule has 0 aliphatic carbocycles. The zero-order valence-corrected chi connectivity index (χ0v) is 26.0. The number of para-hydroxylation sites is 1. The SMILES string of the molecule is COc1cc(N(C)C)ccc1NC(=O)C1C(c2cccc(Cl)c2F)C2(C(=O)Nc3ccccc32)C(CC(C)(C)C)N1Cl. The van der Waals surface area contributed by atoms with Crippen molar-refractivity contribution < 1.29 is 18.7 Å². The van der Waals surface area contributed by atoms with Gasteiger partial charge in [-0.1, -0.05) is 62.7 Å². The van der Waals surface area contributed by atoms with E-state index in [4.69, 9.17) is 28.1 Å². The fourth-order valence-electron chi connectivity index (χ4n) is 6.46. The molecule has 222 valence electrons. The number of nitrogens with zero attached hydrogens (tertiary/aromatic N) is 2. The minimum atomic E-state index is -1.39. The van der Waals surface area contributed by atoms with Gasteiger partial charge in [-0.05, 0) is 59.0 Å². The molecule has 0 aromatic heterocycles. The van der Waals surface area contributed by atoms with Crippen molar-refractivity contribution >= 4 is 52.3 Å². The maximum Gasteiger partial charge on any atom is 0.243 e. The predicted molar refractivity (Wildman–Crippen MR) is 166 cm³/mol. The third-order valence-corrected chi connectivity index (χ3v) is 8.98. The minimum absolute atomic E-state index is 0.102. The number of anilines is 3. The largest absolute Gasteiger partial charge is 0.494 e. The molecular weight excluding hydrogens is 578 g/mol. The fourth-order valence-corrected chi connectivity index (χ4v) is 7.07. The Kier molecular flexibility index (Phi) is 7.94. The molecule has 4 unspecified atom stereocenters. The molecule has 2 amide bonds. The van der Waals surface area contributed by atoms with Gasteiger partial charge in [-0.3, -0.25) is 9.59 Å². The molecule has 2 N–H and O–H groups in total. The maximum atomic E-state index is 16.0. The van der Waals surface area contributed by atoms with Crippen LogP contribution in [0.3, 0.4) is 0 Å². The summed E-state index contributed by atoms with van der Waals surface area (Å²) in [6, 6.07) is 15.6. The summed E-state index contributed by atoms with van der Waals surface area (Å²) in [7, 11) is 5.33. The molecule has 7 nitrogen and oxygen atoms in total. The Morgan fingerprint density at radius 2 is 1.86 bits per heavy atom. The van der Waals surface area contributed by atoms with Crippen LogP contribution in [0.2, 0.25) is 5.02 Å². The van der Waals surface area contributed by atoms with Crippen LogP contribution in [0.5, 0.6) is 5.75 Å². The van der Waals surface area contributed by atoms with Crippen molar-refractivity contribution in [2.75, 3.05) is 36.7 Å². The fraction of sp³-hybridized carbons (Fsp3) is 0.375. The standard InChI is InChI=1S/C32H35Cl2FN4O3/c1-31(2,3)17-25-32(20-11-7-8-13-22(20)37-30(32)41)26(19-10-9-12-21(33)27(19)35)28(39(25)34)29(40)36-23-15-14-18(38(4)5)16-24(23)42-6/h7-16,25-26,28H,17H2,1-6H3,(H,36,40)(H,37,41). The molecule has 0 saturated carbocycles. The number of methoxy groups -OCH3 is 1. The molecule has 2 aliphatic rings. The summed E-state index contributed by atoms with van der Waals surface area (Å²) in [4.78, 5) is 30.6. The van der Waals surface area contributed by atoms with Crippen molar-refractivity contribution in [1.29, 1.82) is 0 Å². The van der Waals surface area contributed by atoms with E-state index in [-0.39, 0.29) is 21.9 Å². The van der Waals surface area contributed by atoms with Crippen molar-refractivity contribution in [2.24, 2.45) is 5.41 Å². The number of hydrogen-bond acceptors (Lipinski definition) is 5. The Balaban J connectivity index is 1.73. The van der Waals surface area contributed by atoms with Crippen molar-refractivity contribution in [1.82, 2.24) is 4.42 Å². The lowest BCUT2D eigenvalue weighted by atomic mass is 9.62. The first-order valence-electron chi connectivity index (χ1n) is 13.8. The van der Waals surface area contributed by atoms with Crippen LogP contribution >= 0.6 is 23.4 Å². The second-order valence-electron chi connectivity index (χ2n) is 12.3. The van der Waals surface area contributed by atoms with Crippen LogP contribution in [0.4, 0.5) is 21.5 Å². The smallest absolute Gasteiger partial charge is 0.243 e. The molecule has 42 heavy (non-hydrogen) atoms. The quantitative estimate of drug-likeness (QED) is 0.299. The van der Waals surface area contributed by atoms with E-state index in [0.717, 1.165) is 5.69 Å². The van der Waals surface area contributed by atoms with E-state index in [9.17, 15) is 9.59 Å². The number of rotatable bonds is 6. The van der Waals surface area contributed by atoms with E-state index < -0.39 is 35.1 Å². The zero-order valence-electron chi connectivity index (χ0n) is 24.5. The highest BCUT2D eigenvalue weighted by Gasteiger charge is 2.69. The van der Waals surface area contributed by atoms with E-state index in [1.807, 2.05) is 70.1 Å². The lowest BCUT2D eigenvalue weighted by Crippen LogP contribution is -2.49. The molecule has 4 atom stereocenters. The van der Waals surface area contributed by atoms with Gasteiger partial charge in [-0.15, -0.1) is 0 Å². The summed E-state index contributed by atoms with van der Waals surface area (Å²) in [6.07, 6.45) is 0.446. The topological polar surface area (TPSA) is 73.9 Å². The summed E-state index contributed by atoms with van der Waals surface area (Å²) in [5, 5.41) is 5.87. The molecule has 10 heteroatoms. The Hall–Kier alpha value is -3.33. The summed E-state index contributed by atoms with van der Waals surface area (Å²) < 4.78 is 23.0. The van der Waals surface area contributed by atoms with Crippen LogP contribution in [0.1, 0.15) is 44.2 Å². The van der Waals surface area contributed by atoms with E-state index in [2.05, 4.69) is 10.6 Å². The van der Waals surface area contributed by atoms with Crippen LogP contribution in [-0.2, 0) is 15.0 Å². The van der Waals surface area contributed by atoms with Crippen molar-refractivity contribution in [2.45, 2.75) is 50.6 Å². The molecule has 3 aromatic rings. The monoisotopic (exact) mass is 612 g/mol. The average Bonchev–Trinajstić information content (AvgIpc) is 3.36. The van der Waals surface area contributed by atoms with Gasteiger partial charge >= 0.3 is 0 Å². The third kappa shape index (κ3) is 4.89. The molecule has 1 fully saturated rings. The van der Waals surface area contributed by atoms with Crippen molar-refractivity contribution in [3.8, 4) is 5.75 Å². The van der Waals surface area contributed by atoms with Gasteiger partial charge in [0.25, 0.3) is 0 Å². The summed E-state index contributed by atoms with van der Waals surface area (Å²) >= 11 is 13.5. The van der Waals surface area contributed by atoms with Gasteiger partial charge in [0.05, 0.1) is 17.8 Å². The lowest BCUT2D eigenvalue weighted by molar-refractivity contribution is -0.122. The Bertz CT molecular complexity index is 1540. The third-order valence-electron chi connectivity index (χ3n) is 8.24. The summed E-state index contributed by atoms with van der Waals surface area (Å²) in [6.45, 7) is 6.14. The van der Waals surface area contributed by atoms with Gasteiger partial charge in [0.2, 0.25) is 11.8 Å². The average molecular weight is 614 g/mol. The predicted octanol–water partition coefficient (Wildman–Crippen LogP) is 6.81. The van der Waals surface area contributed by atoms with Crippen molar-refractivity contribution in [3.63, 3.8) is 0 Å². The van der Waals surface area contributed by atoms with Crippen LogP contribution in [0, 0.1) is 11.2 Å². The Labute approximate surface area is 256 Å². The van der Waals surface area contributed by atoms with Gasteiger partial charge in [0, 0.05) is 43.5 Å². The highest BCUT2D eigenvalue weighted by atomic mass is 35.5. The Morgan fingerprint density at radius 3 is 2.52 bits per heavy atom. The highest BCUT2D eigenvalue weighted by Crippen LogP contribution is 2.60. The first kappa shape index (κ1) is 30.1. The first-order valence-corrected chi connectivity index (χ1v) is 14.5. The second kappa shape index (κ2) is 11.1. The molecule has 1 spiro atoms. The molecule has 1 saturated heterocycles. The number of benzene rings is 3. The number of fused-ring (bicyclic) bond motifs is 2. The number of nitrogens with one attached hydrogen (secondary N) is 2. The highest BCUT2D eigenvalue weighted by molar-refractivity contribution is 6.30. The zero-order chi connectivity index (χ0) is 30.6. The van der Waals surface area contributed by atoms with Crippen LogP contribution in [0.25, 0.3) is 0 Å². The Morgan fingerprint density at radius 1 is 1.14 bits per heavy atom. The number of hydrogen-bond donors (Lipinski definition) is 2. The van der Waals surface area contributed by atoms with Gasteiger partial charge in [-0.2, -0.15) is 0 Å². The minimum Gasteiger partial charge on any atom is -0.494 e. The van der Waals surface area contributed by atoms with Gasteiger partial charge in [0.15, 0.2) is 0 Å². The number of halogens is 3. The van der Waals surface area contributed by atoms with Gasteiger partial charge < -0.3 is 20.3 Å².